The van der Waals surface area contributed by atoms with Gasteiger partial charge in [-0.15, -0.1) is 0 Å². The topological polar surface area (TPSA) is 82.1 Å². The standard InChI is InChI=1S/C16H16F3N3O2/c1-10(21-2)8-14(24)15(20)13(23)6-7-22-12-5-3-4-11(9-12)16(17,18)19/h3-9,20-22H,1-2H3/b7-6-,10-8+,20-15?. The molecule has 24 heavy (non-hydrogen) atoms. The third kappa shape index (κ3) is 5.71. The summed E-state index contributed by atoms with van der Waals surface area (Å²) in [6.45, 7) is 1.60. The fourth-order valence-corrected chi connectivity index (χ4v) is 1.54. The van der Waals surface area contributed by atoms with E-state index < -0.39 is 29.0 Å². The van der Waals surface area contributed by atoms with Crippen molar-refractivity contribution in [3.63, 3.8) is 0 Å². The van der Waals surface area contributed by atoms with Crippen molar-refractivity contribution < 1.29 is 22.8 Å². The van der Waals surface area contributed by atoms with Crippen LogP contribution in [-0.4, -0.2) is 24.3 Å². The number of nitrogens with one attached hydrogen (secondary N) is 3. The summed E-state index contributed by atoms with van der Waals surface area (Å²) < 4.78 is 37.7. The highest BCUT2D eigenvalue weighted by Gasteiger charge is 2.30. The van der Waals surface area contributed by atoms with E-state index in [1.54, 1.807) is 14.0 Å². The normalized spacial score (nSPS) is 12.1. The highest BCUT2D eigenvalue weighted by atomic mass is 19.4. The Bertz CT molecular complexity index is 707. The Kier molecular flexibility index (Phi) is 6.46. The number of alkyl halides is 3. The fourth-order valence-electron chi connectivity index (χ4n) is 1.54. The number of anilines is 1. The van der Waals surface area contributed by atoms with Crippen LogP contribution in [0.25, 0.3) is 0 Å². The minimum atomic E-state index is -4.47. The second kappa shape index (κ2) is 8.09. The van der Waals surface area contributed by atoms with Gasteiger partial charge in [0.15, 0.2) is 0 Å². The predicted molar refractivity (Wildman–Crippen MR) is 84.8 cm³/mol. The number of ketones is 2. The van der Waals surface area contributed by atoms with Crippen LogP contribution in [0.1, 0.15) is 12.5 Å². The molecule has 0 aliphatic carbocycles. The number of allylic oxidation sites excluding steroid dienone is 3. The largest absolute Gasteiger partial charge is 0.416 e. The number of hydrogen-bond acceptors (Lipinski definition) is 5. The smallest absolute Gasteiger partial charge is 0.392 e. The monoisotopic (exact) mass is 339 g/mol. The second-order valence-electron chi connectivity index (χ2n) is 4.74. The van der Waals surface area contributed by atoms with Crippen LogP contribution in [-0.2, 0) is 15.8 Å². The van der Waals surface area contributed by atoms with Crippen molar-refractivity contribution in [2.45, 2.75) is 13.1 Å². The van der Waals surface area contributed by atoms with Gasteiger partial charge in [-0.1, -0.05) is 6.07 Å². The predicted octanol–water partition coefficient (Wildman–Crippen LogP) is 2.91. The Hall–Kier alpha value is -2.90. The van der Waals surface area contributed by atoms with Crippen molar-refractivity contribution in [2.75, 3.05) is 12.4 Å². The van der Waals surface area contributed by atoms with E-state index in [-0.39, 0.29) is 5.69 Å². The Balaban J connectivity index is 2.72. The van der Waals surface area contributed by atoms with Crippen LogP contribution in [0.2, 0.25) is 0 Å². The summed E-state index contributed by atoms with van der Waals surface area (Å²) in [6.07, 6.45) is -1.38. The number of carbonyl (C=O) groups excluding carboxylic acids is 2. The van der Waals surface area contributed by atoms with Crippen LogP contribution in [0.3, 0.4) is 0 Å². The molecule has 0 radical (unpaired) electrons. The van der Waals surface area contributed by atoms with Crippen LogP contribution in [0.4, 0.5) is 18.9 Å². The Labute approximate surface area is 136 Å². The molecule has 0 fully saturated rings. The first-order valence-corrected chi connectivity index (χ1v) is 6.78. The summed E-state index contributed by atoms with van der Waals surface area (Å²) in [5.41, 5.74) is -0.962. The van der Waals surface area contributed by atoms with Crippen molar-refractivity contribution in [1.29, 1.82) is 5.41 Å². The first kappa shape index (κ1) is 19.1. The van der Waals surface area contributed by atoms with Crippen LogP contribution >= 0.6 is 0 Å². The summed E-state index contributed by atoms with van der Waals surface area (Å²) in [4.78, 5) is 23.3. The molecule has 3 N–H and O–H groups in total. The van der Waals surface area contributed by atoms with Crippen molar-refractivity contribution in [3.8, 4) is 0 Å². The van der Waals surface area contributed by atoms with E-state index in [1.165, 1.54) is 12.1 Å². The molecular weight excluding hydrogens is 323 g/mol. The van der Waals surface area contributed by atoms with E-state index in [0.717, 1.165) is 30.5 Å². The van der Waals surface area contributed by atoms with Gasteiger partial charge in [0.2, 0.25) is 11.6 Å². The molecule has 128 valence electrons. The lowest BCUT2D eigenvalue weighted by atomic mass is 10.1. The summed E-state index contributed by atoms with van der Waals surface area (Å²) in [6, 6.07) is 4.41. The Morgan fingerprint density at radius 2 is 1.88 bits per heavy atom. The molecule has 5 nitrogen and oxygen atoms in total. The van der Waals surface area contributed by atoms with Gasteiger partial charge in [0.25, 0.3) is 0 Å². The minimum Gasteiger partial charge on any atom is -0.392 e. The third-order valence-corrected chi connectivity index (χ3v) is 2.91. The number of rotatable bonds is 7. The molecule has 0 unspecified atom stereocenters. The number of benzene rings is 1. The summed E-state index contributed by atoms with van der Waals surface area (Å²) in [5.74, 6) is -1.63. The van der Waals surface area contributed by atoms with E-state index in [0.29, 0.717) is 5.70 Å². The van der Waals surface area contributed by atoms with Crippen LogP contribution in [0.5, 0.6) is 0 Å². The average molecular weight is 339 g/mol. The first-order chi connectivity index (χ1) is 11.1. The van der Waals surface area contributed by atoms with Crippen LogP contribution in [0.15, 0.2) is 48.3 Å². The molecule has 0 heterocycles. The van der Waals surface area contributed by atoms with Crippen molar-refractivity contribution in [2.24, 2.45) is 0 Å². The van der Waals surface area contributed by atoms with Gasteiger partial charge in [0, 0.05) is 36.8 Å². The summed E-state index contributed by atoms with van der Waals surface area (Å²) >= 11 is 0. The maximum Gasteiger partial charge on any atom is 0.416 e. The Morgan fingerprint density at radius 1 is 1.21 bits per heavy atom. The lowest BCUT2D eigenvalue weighted by Gasteiger charge is -2.08. The maximum atomic E-state index is 12.6. The fraction of sp³-hybridized carbons (Fsp3) is 0.188. The Morgan fingerprint density at radius 3 is 2.46 bits per heavy atom. The third-order valence-electron chi connectivity index (χ3n) is 2.91. The quantitative estimate of drug-likeness (QED) is 0.405. The van der Waals surface area contributed by atoms with Crippen LogP contribution < -0.4 is 10.6 Å². The molecule has 0 atom stereocenters. The van der Waals surface area contributed by atoms with E-state index >= 15 is 0 Å². The molecule has 0 spiro atoms. The molecule has 1 aromatic rings. The molecule has 1 rings (SSSR count). The first-order valence-electron chi connectivity index (χ1n) is 6.78. The molecule has 0 saturated heterocycles. The van der Waals surface area contributed by atoms with Gasteiger partial charge in [0.05, 0.1) is 5.56 Å². The van der Waals surface area contributed by atoms with E-state index in [2.05, 4.69) is 10.6 Å². The number of carbonyl (C=O) groups is 2. The van der Waals surface area contributed by atoms with Gasteiger partial charge in [0.1, 0.15) is 5.71 Å². The molecule has 0 saturated carbocycles. The molecule has 8 heteroatoms. The van der Waals surface area contributed by atoms with Gasteiger partial charge in [-0.3, -0.25) is 15.0 Å². The minimum absolute atomic E-state index is 0.123. The lowest BCUT2D eigenvalue weighted by Crippen LogP contribution is -2.21. The summed E-state index contributed by atoms with van der Waals surface area (Å²) in [7, 11) is 1.59. The van der Waals surface area contributed by atoms with Crippen molar-refractivity contribution >= 4 is 23.0 Å². The van der Waals surface area contributed by atoms with Gasteiger partial charge < -0.3 is 10.6 Å². The van der Waals surface area contributed by atoms with Gasteiger partial charge in [-0.25, -0.2) is 0 Å². The van der Waals surface area contributed by atoms with Gasteiger partial charge in [-0.05, 0) is 25.1 Å². The zero-order chi connectivity index (χ0) is 18.3. The molecule has 0 aromatic heterocycles. The molecule has 1 aromatic carbocycles. The molecule has 0 aliphatic heterocycles. The zero-order valence-electron chi connectivity index (χ0n) is 13.0. The van der Waals surface area contributed by atoms with E-state index in [4.69, 9.17) is 5.41 Å². The second-order valence-corrected chi connectivity index (χ2v) is 4.74. The SMILES string of the molecule is CN/C(C)=C/C(=O)C(=N)C(=O)/C=C\Nc1cccc(C(F)(F)F)c1. The van der Waals surface area contributed by atoms with Crippen molar-refractivity contribution in [1.82, 2.24) is 5.32 Å². The molecule has 0 amide bonds. The highest BCUT2D eigenvalue weighted by molar-refractivity contribution is 6.69. The molecule has 0 bridgehead atoms. The number of hydrogen-bond donors (Lipinski definition) is 3. The molecular formula is C16H16F3N3O2. The maximum absolute atomic E-state index is 12.6. The molecule has 0 aliphatic rings. The van der Waals surface area contributed by atoms with Crippen LogP contribution in [0, 0.1) is 5.41 Å². The van der Waals surface area contributed by atoms with Gasteiger partial charge >= 0.3 is 6.18 Å². The zero-order valence-corrected chi connectivity index (χ0v) is 13.0. The van der Waals surface area contributed by atoms with Crippen molar-refractivity contribution in [3.05, 3.63) is 53.9 Å². The average Bonchev–Trinajstić information content (AvgIpc) is 2.53. The van der Waals surface area contributed by atoms with Gasteiger partial charge in [-0.2, -0.15) is 13.2 Å². The van der Waals surface area contributed by atoms with E-state index in [9.17, 15) is 22.8 Å². The summed E-state index contributed by atoms with van der Waals surface area (Å²) in [5, 5.41) is 12.6. The lowest BCUT2D eigenvalue weighted by molar-refractivity contribution is -0.137. The number of halogens is 3. The highest BCUT2D eigenvalue weighted by Crippen LogP contribution is 2.30. The van der Waals surface area contributed by atoms with E-state index in [1.807, 2.05) is 0 Å².